The number of hydrogen-bond acceptors (Lipinski definition) is 5. The van der Waals surface area contributed by atoms with Gasteiger partial charge in [-0.15, -0.1) is 5.10 Å². The average Bonchev–Trinajstić information content (AvgIpc) is 3.29. The van der Waals surface area contributed by atoms with E-state index in [0.29, 0.717) is 29.1 Å². The average molecular weight is 361 g/mol. The minimum atomic E-state index is 0.328. The number of rotatable bonds is 3. The van der Waals surface area contributed by atoms with E-state index >= 15 is 0 Å². The zero-order valence-corrected chi connectivity index (χ0v) is 15.0. The van der Waals surface area contributed by atoms with Crippen LogP contribution in [0.1, 0.15) is 37.3 Å². The lowest BCUT2D eigenvalue weighted by Crippen LogP contribution is -2.25. The van der Waals surface area contributed by atoms with E-state index in [1.165, 1.54) is 0 Å². The Hall–Kier alpha value is -3.06. The van der Waals surface area contributed by atoms with E-state index < -0.39 is 0 Å². The maximum atomic E-state index is 6.26. The first-order chi connectivity index (χ1) is 13.2. The third-order valence-electron chi connectivity index (χ3n) is 5.49. The molecule has 7 heteroatoms. The van der Waals surface area contributed by atoms with Gasteiger partial charge in [-0.25, -0.2) is 9.50 Å². The van der Waals surface area contributed by atoms with Crippen LogP contribution in [0, 0.1) is 0 Å². The Morgan fingerprint density at radius 3 is 2.81 bits per heavy atom. The molecule has 0 saturated heterocycles. The van der Waals surface area contributed by atoms with Crippen LogP contribution in [-0.4, -0.2) is 25.6 Å². The van der Waals surface area contributed by atoms with Crippen LogP contribution in [-0.2, 0) is 0 Å². The summed E-state index contributed by atoms with van der Waals surface area (Å²) in [6.45, 7) is 0. The molecule has 0 bridgehead atoms. The molecule has 7 nitrogen and oxygen atoms in total. The molecule has 5 rings (SSSR count). The van der Waals surface area contributed by atoms with Gasteiger partial charge in [-0.3, -0.25) is 0 Å². The van der Waals surface area contributed by atoms with Gasteiger partial charge in [0.25, 0.3) is 0 Å². The molecule has 1 saturated carbocycles. The predicted octanol–water partition coefficient (Wildman–Crippen LogP) is 3.52. The minimum Gasteiger partial charge on any atom is -0.396 e. The van der Waals surface area contributed by atoms with Gasteiger partial charge in [0.2, 0.25) is 0 Å². The Balaban J connectivity index is 1.45. The van der Waals surface area contributed by atoms with Crippen LogP contribution in [0.25, 0.3) is 16.6 Å². The van der Waals surface area contributed by atoms with Crippen molar-refractivity contribution in [2.24, 2.45) is 5.73 Å². The van der Waals surface area contributed by atoms with Gasteiger partial charge < -0.3 is 21.8 Å². The number of anilines is 3. The number of benzene rings is 1. The van der Waals surface area contributed by atoms with Crippen molar-refractivity contribution in [1.82, 2.24) is 19.6 Å². The number of nitrogen functional groups attached to an aromatic ring is 1. The second-order valence-corrected chi connectivity index (χ2v) is 7.44. The highest BCUT2D eigenvalue weighted by atomic mass is 15.3. The van der Waals surface area contributed by atoms with Gasteiger partial charge in [-0.05, 0) is 49.9 Å². The van der Waals surface area contributed by atoms with Crippen molar-refractivity contribution in [2.75, 3.05) is 11.1 Å². The summed E-state index contributed by atoms with van der Waals surface area (Å²) in [7, 11) is 0. The minimum absolute atomic E-state index is 0.328. The maximum Gasteiger partial charge on any atom is 0.177 e. The van der Waals surface area contributed by atoms with Crippen LogP contribution in [0.4, 0.5) is 17.2 Å². The molecule has 0 atom stereocenters. The molecular formula is C20H23N7. The van der Waals surface area contributed by atoms with Crippen LogP contribution in [0.5, 0.6) is 0 Å². The molecule has 6 N–H and O–H groups in total. The van der Waals surface area contributed by atoms with E-state index in [1.807, 2.05) is 36.7 Å². The summed E-state index contributed by atoms with van der Waals surface area (Å²) in [5.41, 5.74) is 16.8. The second kappa shape index (κ2) is 6.28. The number of nitrogens with one attached hydrogen (secondary N) is 2. The molecule has 27 heavy (non-hydrogen) atoms. The molecule has 1 fully saturated rings. The van der Waals surface area contributed by atoms with E-state index in [9.17, 15) is 0 Å². The van der Waals surface area contributed by atoms with Crippen molar-refractivity contribution < 1.29 is 0 Å². The molecule has 0 unspecified atom stereocenters. The van der Waals surface area contributed by atoms with Crippen molar-refractivity contribution >= 4 is 33.7 Å². The number of aromatic nitrogens is 4. The zero-order chi connectivity index (χ0) is 18.4. The number of aromatic amines is 1. The van der Waals surface area contributed by atoms with Gasteiger partial charge >= 0.3 is 0 Å². The molecular weight excluding hydrogens is 338 g/mol. The molecule has 4 aromatic rings. The van der Waals surface area contributed by atoms with Crippen molar-refractivity contribution in [3.63, 3.8) is 0 Å². The Morgan fingerprint density at radius 2 is 1.96 bits per heavy atom. The van der Waals surface area contributed by atoms with Crippen LogP contribution >= 0.6 is 0 Å². The van der Waals surface area contributed by atoms with E-state index in [1.54, 1.807) is 4.52 Å². The molecule has 0 amide bonds. The highest BCUT2D eigenvalue weighted by molar-refractivity contribution is 5.84. The normalized spacial score (nSPS) is 20.3. The summed E-state index contributed by atoms with van der Waals surface area (Å²) >= 11 is 0. The lowest BCUT2D eigenvalue weighted by atomic mass is 9.85. The lowest BCUT2D eigenvalue weighted by molar-refractivity contribution is 0.391. The first-order valence-corrected chi connectivity index (χ1v) is 9.41. The summed E-state index contributed by atoms with van der Waals surface area (Å²) in [6, 6.07) is 10.4. The number of hydrogen-bond donors (Lipinski definition) is 4. The highest BCUT2D eigenvalue weighted by Crippen LogP contribution is 2.32. The number of imidazole rings is 1. The predicted molar refractivity (Wildman–Crippen MR) is 108 cm³/mol. The smallest absolute Gasteiger partial charge is 0.177 e. The lowest BCUT2D eigenvalue weighted by Gasteiger charge is -2.24. The first kappa shape index (κ1) is 16.1. The standard InChI is InChI=1S/C20H23N7/c21-14-3-1-12(2-4-14)18-11-27-20(25-18)16(22)10-19(26-27)24-15-5-6-17-13(9-15)7-8-23-17/h5-12,14,23H,1-4,21-22H2,(H,24,26). The summed E-state index contributed by atoms with van der Waals surface area (Å²) in [5, 5.41) is 9.15. The summed E-state index contributed by atoms with van der Waals surface area (Å²) in [4.78, 5) is 7.94. The maximum absolute atomic E-state index is 6.26. The van der Waals surface area contributed by atoms with Gasteiger partial charge in [0.15, 0.2) is 11.5 Å². The Bertz CT molecular complexity index is 1100. The number of H-pyrrole nitrogens is 1. The third-order valence-corrected chi connectivity index (χ3v) is 5.49. The van der Waals surface area contributed by atoms with Gasteiger partial charge in [0.05, 0.1) is 17.6 Å². The molecule has 138 valence electrons. The van der Waals surface area contributed by atoms with Crippen LogP contribution in [0.15, 0.2) is 42.7 Å². The van der Waals surface area contributed by atoms with Crippen molar-refractivity contribution in [2.45, 2.75) is 37.6 Å². The van der Waals surface area contributed by atoms with Gasteiger partial charge in [-0.2, -0.15) is 0 Å². The number of nitrogens with two attached hydrogens (primary N) is 2. The fourth-order valence-electron chi connectivity index (χ4n) is 3.97. The van der Waals surface area contributed by atoms with Crippen molar-refractivity contribution in [3.8, 4) is 0 Å². The van der Waals surface area contributed by atoms with E-state index in [2.05, 4.69) is 21.5 Å². The first-order valence-electron chi connectivity index (χ1n) is 9.41. The molecule has 0 radical (unpaired) electrons. The van der Waals surface area contributed by atoms with E-state index in [0.717, 1.165) is 48.0 Å². The number of nitrogens with zero attached hydrogens (tertiary/aromatic N) is 3. The quantitative estimate of drug-likeness (QED) is 0.446. The SMILES string of the molecule is Nc1cc(Nc2ccc3[nH]ccc3c2)nn2cc(C3CCC(N)CC3)nc12. The fourth-order valence-corrected chi connectivity index (χ4v) is 3.97. The Morgan fingerprint density at radius 1 is 1.11 bits per heavy atom. The highest BCUT2D eigenvalue weighted by Gasteiger charge is 2.23. The van der Waals surface area contributed by atoms with Gasteiger partial charge in [0, 0.05) is 40.8 Å². The largest absolute Gasteiger partial charge is 0.396 e. The molecule has 0 aliphatic heterocycles. The zero-order valence-electron chi connectivity index (χ0n) is 15.0. The van der Waals surface area contributed by atoms with E-state index in [4.69, 9.17) is 16.5 Å². The molecule has 3 heterocycles. The van der Waals surface area contributed by atoms with Gasteiger partial charge in [0.1, 0.15) is 0 Å². The third kappa shape index (κ3) is 3.00. The van der Waals surface area contributed by atoms with Crippen LogP contribution in [0.3, 0.4) is 0 Å². The van der Waals surface area contributed by atoms with Gasteiger partial charge in [-0.1, -0.05) is 0 Å². The van der Waals surface area contributed by atoms with Crippen molar-refractivity contribution in [3.05, 3.63) is 48.4 Å². The summed E-state index contributed by atoms with van der Waals surface area (Å²) < 4.78 is 1.79. The molecule has 1 aromatic carbocycles. The van der Waals surface area contributed by atoms with Crippen LogP contribution in [0.2, 0.25) is 0 Å². The van der Waals surface area contributed by atoms with E-state index in [-0.39, 0.29) is 0 Å². The second-order valence-electron chi connectivity index (χ2n) is 7.44. The number of fused-ring (bicyclic) bond motifs is 2. The van der Waals surface area contributed by atoms with Crippen molar-refractivity contribution in [1.29, 1.82) is 0 Å². The molecule has 1 aliphatic carbocycles. The Kier molecular flexibility index (Phi) is 3.75. The Labute approximate surface area is 156 Å². The topological polar surface area (TPSA) is 110 Å². The summed E-state index contributed by atoms with van der Waals surface area (Å²) in [6.07, 6.45) is 8.20. The fraction of sp³-hybridized carbons (Fsp3) is 0.300. The monoisotopic (exact) mass is 361 g/mol. The molecule has 0 spiro atoms. The van der Waals surface area contributed by atoms with Crippen LogP contribution < -0.4 is 16.8 Å². The molecule has 3 aromatic heterocycles. The molecule has 1 aliphatic rings. The summed E-state index contributed by atoms with van der Waals surface area (Å²) in [5.74, 6) is 1.14.